The molecule has 0 amide bonds. The van der Waals surface area contributed by atoms with Crippen molar-refractivity contribution in [2.24, 2.45) is 0 Å². The first-order chi connectivity index (χ1) is 16.0. The van der Waals surface area contributed by atoms with E-state index in [4.69, 9.17) is 4.74 Å². The average Bonchev–Trinajstić information content (AvgIpc) is 3.19. The van der Waals surface area contributed by atoms with Gasteiger partial charge in [-0.15, -0.1) is 0 Å². The summed E-state index contributed by atoms with van der Waals surface area (Å²) < 4.78 is 8.55. The molecule has 33 heavy (non-hydrogen) atoms. The number of nitrogens with zero attached hydrogens (tertiary/aromatic N) is 5. The van der Waals surface area contributed by atoms with Crippen molar-refractivity contribution in [3.8, 4) is 11.4 Å². The van der Waals surface area contributed by atoms with Crippen LogP contribution in [0.15, 0.2) is 59.7 Å². The van der Waals surface area contributed by atoms with Crippen LogP contribution in [0.25, 0.3) is 5.69 Å². The van der Waals surface area contributed by atoms with Crippen LogP contribution in [-0.2, 0) is 6.54 Å². The van der Waals surface area contributed by atoms with E-state index in [1.165, 1.54) is 21.3 Å². The van der Waals surface area contributed by atoms with Crippen LogP contribution in [-0.4, -0.2) is 58.3 Å². The van der Waals surface area contributed by atoms with Gasteiger partial charge >= 0.3 is 5.69 Å². The third-order valence-corrected chi connectivity index (χ3v) is 5.91. The van der Waals surface area contributed by atoms with Gasteiger partial charge in [-0.25, -0.2) is 14.0 Å². The second-order valence-electron chi connectivity index (χ2n) is 8.50. The van der Waals surface area contributed by atoms with Crippen molar-refractivity contribution in [1.82, 2.24) is 14.3 Å². The maximum Gasteiger partial charge on any atom is 0.350 e. The van der Waals surface area contributed by atoms with Gasteiger partial charge in [0.1, 0.15) is 12.1 Å². The fourth-order valence-corrected chi connectivity index (χ4v) is 4.02. The lowest BCUT2D eigenvalue weighted by Crippen LogP contribution is -2.46. The predicted molar refractivity (Wildman–Crippen MR) is 131 cm³/mol. The van der Waals surface area contributed by atoms with Gasteiger partial charge in [0.25, 0.3) is 0 Å². The van der Waals surface area contributed by atoms with Gasteiger partial charge in [-0.3, -0.25) is 0 Å². The van der Waals surface area contributed by atoms with E-state index >= 15 is 0 Å². The zero-order chi connectivity index (χ0) is 23.2. The van der Waals surface area contributed by atoms with E-state index < -0.39 is 6.10 Å². The maximum atomic E-state index is 12.5. The van der Waals surface area contributed by atoms with Gasteiger partial charge < -0.3 is 19.6 Å². The minimum atomic E-state index is -0.621. The molecule has 1 aromatic heterocycles. The van der Waals surface area contributed by atoms with E-state index in [-0.39, 0.29) is 12.2 Å². The molecule has 1 saturated heterocycles. The van der Waals surface area contributed by atoms with E-state index in [1.54, 1.807) is 6.92 Å². The SMILES string of the molecule is CCCCOc1ccc(N2CCN(c3ccc(-n4cnn(C[C@H](C)O)c4=O)cc3)CC2)cc1. The van der Waals surface area contributed by atoms with Crippen molar-refractivity contribution >= 4 is 11.4 Å². The molecule has 4 rings (SSSR count). The van der Waals surface area contributed by atoms with Crippen LogP contribution < -0.4 is 20.2 Å². The Labute approximate surface area is 194 Å². The lowest BCUT2D eigenvalue weighted by atomic mass is 10.2. The minimum Gasteiger partial charge on any atom is -0.494 e. The fourth-order valence-electron chi connectivity index (χ4n) is 4.02. The first-order valence-electron chi connectivity index (χ1n) is 11.7. The van der Waals surface area contributed by atoms with Crippen LogP contribution in [0.4, 0.5) is 11.4 Å². The van der Waals surface area contributed by atoms with Crippen molar-refractivity contribution < 1.29 is 9.84 Å². The van der Waals surface area contributed by atoms with E-state index in [0.717, 1.165) is 62.8 Å². The van der Waals surface area contributed by atoms with Crippen LogP contribution >= 0.6 is 0 Å². The normalized spacial score (nSPS) is 15.0. The maximum absolute atomic E-state index is 12.5. The number of piperazine rings is 1. The number of ether oxygens (including phenoxy) is 1. The van der Waals surface area contributed by atoms with E-state index in [2.05, 4.69) is 46.1 Å². The highest BCUT2D eigenvalue weighted by molar-refractivity contribution is 5.54. The molecule has 0 saturated carbocycles. The molecule has 2 heterocycles. The quantitative estimate of drug-likeness (QED) is 0.504. The highest BCUT2D eigenvalue weighted by Crippen LogP contribution is 2.23. The molecule has 1 aliphatic rings. The van der Waals surface area contributed by atoms with Gasteiger partial charge in [0, 0.05) is 37.6 Å². The number of benzene rings is 2. The van der Waals surface area contributed by atoms with E-state index in [1.807, 2.05) is 24.3 Å². The molecule has 2 aromatic carbocycles. The van der Waals surface area contributed by atoms with Crippen molar-refractivity contribution in [3.05, 3.63) is 65.3 Å². The monoisotopic (exact) mass is 451 g/mol. The zero-order valence-corrected chi connectivity index (χ0v) is 19.4. The van der Waals surface area contributed by atoms with Gasteiger partial charge in [-0.1, -0.05) is 13.3 Å². The van der Waals surface area contributed by atoms with Gasteiger partial charge in [-0.2, -0.15) is 5.10 Å². The standard InChI is InChI=1S/C25H33N5O3/c1-3-4-17-33-24-11-9-22(10-12-24)28-15-13-27(14-16-28)21-5-7-23(8-6-21)29-19-26-30(25(29)32)18-20(2)31/h5-12,19-20,31H,3-4,13-18H2,1-2H3/t20-/m0/s1. The molecule has 3 aromatic rings. The lowest BCUT2D eigenvalue weighted by Gasteiger charge is -2.37. The lowest BCUT2D eigenvalue weighted by molar-refractivity contribution is 0.166. The van der Waals surface area contributed by atoms with E-state index in [9.17, 15) is 9.90 Å². The minimum absolute atomic E-state index is 0.183. The Kier molecular flexibility index (Phi) is 7.34. The molecular formula is C25H33N5O3. The summed E-state index contributed by atoms with van der Waals surface area (Å²) in [5, 5.41) is 13.6. The first-order valence-corrected chi connectivity index (χ1v) is 11.7. The van der Waals surface area contributed by atoms with Crippen LogP contribution in [0.3, 0.4) is 0 Å². The Hall–Kier alpha value is -3.26. The average molecular weight is 452 g/mol. The van der Waals surface area contributed by atoms with Crippen molar-refractivity contribution in [2.45, 2.75) is 39.3 Å². The molecular weight excluding hydrogens is 418 g/mol. The summed E-state index contributed by atoms with van der Waals surface area (Å²) in [6.07, 6.45) is 3.09. The van der Waals surface area contributed by atoms with Crippen LogP contribution in [0, 0.1) is 0 Å². The number of hydrogen-bond acceptors (Lipinski definition) is 6. The van der Waals surface area contributed by atoms with Crippen molar-refractivity contribution in [3.63, 3.8) is 0 Å². The second kappa shape index (κ2) is 10.6. The molecule has 0 radical (unpaired) electrons. The Morgan fingerprint density at radius 1 is 0.939 bits per heavy atom. The molecule has 8 nitrogen and oxygen atoms in total. The van der Waals surface area contributed by atoms with Gasteiger partial charge in [0.15, 0.2) is 0 Å². The van der Waals surface area contributed by atoms with Crippen LogP contribution in [0.2, 0.25) is 0 Å². The topological polar surface area (TPSA) is 75.8 Å². The number of unbranched alkanes of at least 4 members (excludes halogenated alkanes) is 1. The van der Waals surface area contributed by atoms with Gasteiger partial charge in [-0.05, 0) is 61.9 Å². The number of aliphatic hydroxyl groups excluding tert-OH is 1. The Bertz CT molecular complexity index is 1060. The number of rotatable bonds is 9. The summed E-state index contributed by atoms with van der Waals surface area (Å²) in [6.45, 7) is 8.51. The highest BCUT2D eigenvalue weighted by atomic mass is 16.5. The molecule has 0 spiro atoms. The molecule has 8 heteroatoms. The number of anilines is 2. The smallest absolute Gasteiger partial charge is 0.350 e. The molecule has 176 valence electrons. The molecule has 0 aliphatic carbocycles. The predicted octanol–water partition coefficient (Wildman–Crippen LogP) is 2.92. The van der Waals surface area contributed by atoms with Crippen LogP contribution in [0.5, 0.6) is 5.75 Å². The van der Waals surface area contributed by atoms with Crippen molar-refractivity contribution in [1.29, 1.82) is 0 Å². The zero-order valence-electron chi connectivity index (χ0n) is 19.4. The fraction of sp³-hybridized carbons (Fsp3) is 0.440. The third kappa shape index (κ3) is 5.57. The molecule has 0 unspecified atom stereocenters. The number of hydrogen-bond donors (Lipinski definition) is 1. The molecule has 1 atom stereocenters. The summed E-state index contributed by atoms with van der Waals surface area (Å²) in [4.78, 5) is 17.2. The summed E-state index contributed by atoms with van der Waals surface area (Å²) in [5.74, 6) is 0.932. The second-order valence-corrected chi connectivity index (χ2v) is 8.50. The highest BCUT2D eigenvalue weighted by Gasteiger charge is 2.18. The summed E-state index contributed by atoms with van der Waals surface area (Å²) in [7, 11) is 0. The summed E-state index contributed by atoms with van der Waals surface area (Å²) in [5.41, 5.74) is 2.88. The molecule has 1 aliphatic heterocycles. The first kappa shape index (κ1) is 22.9. The summed E-state index contributed by atoms with van der Waals surface area (Å²) >= 11 is 0. The van der Waals surface area contributed by atoms with Gasteiger partial charge in [0.2, 0.25) is 0 Å². The largest absolute Gasteiger partial charge is 0.494 e. The Morgan fingerprint density at radius 2 is 1.48 bits per heavy atom. The summed E-state index contributed by atoms with van der Waals surface area (Å²) in [6, 6.07) is 16.4. The van der Waals surface area contributed by atoms with Crippen LogP contribution in [0.1, 0.15) is 26.7 Å². The Balaban J connectivity index is 1.34. The van der Waals surface area contributed by atoms with Crippen molar-refractivity contribution in [2.75, 3.05) is 42.6 Å². The number of aliphatic hydroxyl groups is 1. The third-order valence-electron chi connectivity index (χ3n) is 5.91. The molecule has 1 fully saturated rings. The number of aromatic nitrogens is 3. The van der Waals surface area contributed by atoms with E-state index in [0.29, 0.717) is 0 Å². The Morgan fingerprint density at radius 3 is 2.03 bits per heavy atom. The molecule has 1 N–H and O–H groups in total. The van der Waals surface area contributed by atoms with Gasteiger partial charge in [0.05, 0.1) is 24.9 Å². The molecule has 0 bridgehead atoms.